The SMILES string of the molecule is ClCc1cn2c(n1)CO[C@@H](c1ccsc1)C2. The zero-order chi connectivity index (χ0) is 11.0. The average molecular weight is 255 g/mol. The fourth-order valence-electron chi connectivity index (χ4n) is 1.92. The molecule has 2 aromatic rings. The van der Waals surface area contributed by atoms with Gasteiger partial charge in [-0.15, -0.1) is 11.6 Å². The van der Waals surface area contributed by atoms with Gasteiger partial charge in [0, 0.05) is 6.20 Å². The van der Waals surface area contributed by atoms with Gasteiger partial charge < -0.3 is 9.30 Å². The Labute approximate surface area is 103 Å². The summed E-state index contributed by atoms with van der Waals surface area (Å²) in [6, 6.07) is 2.11. The highest BCUT2D eigenvalue weighted by atomic mass is 35.5. The summed E-state index contributed by atoms with van der Waals surface area (Å²) in [5.74, 6) is 1.44. The molecule has 5 heteroatoms. The van der Waals surface area contributed by atoms with Crippen LogP contribution >= 0.6 is 22.9 Å². The van der Waals surface area contributed by atoms with E-state index in [0.717, 1.165) is 18.1 Å². The first-order valence-electron chi connectivity index (χ1n) is 5.11. The van der Waals surface area contributed by atoms with Crippen LogP contribution in [0.15, 0.2) is 23.0 Å². The monoisotopic (exact) mass is 254 g/mol. The van der Waals surface area contributed by atoms with Gasteiger partial charge in [0.25, 0.3) is 0 Å². The van der Waals surface area contributed by atoms with Crippen molar-refractivity contribution in [3.63, 3.8) is 0 Å². The summed E-state index contributed by atoms with van der Waals surface area (Å²) in [7, 11) is 0. The normalized spacial score (nSPS) is 19.7. The van der Waals surface area contributed by atoms with Gasteiger partial charge >= 0.3 is 0 Å². The molecule has 0 saturated carbocycles. The summed E-state index contributed by atoms with van der Waals surface area (Å²) in [6.07, 6.45) is 2.17. The molecule has 3 heterocycles. The molecule has 0 spiro atoms. The molecule has 3 nitrogen and oxygen atoms in total. The lowest BCUT2D eigenvalue weighted by Gasteiger charge is -2.23. The van der Waals surface area contributed by atoms with E-state index in [0.29, 0.717) is 12.5 Å². The molecule has 1 atom stereocenters. The highest BCUT2D eigenvalue weighted by Crippen LogP contribution is 2.27. The van der Waals surface area contributed by atoms with Crippen molar-refractivity contribution in [1.29, 1.82) is 0 Å². The van der Waals surface area contributed by atoms with E-state index in [1.807, 2.05) is 6.20 Å². The number of hydrogen-bond acceptors (Lipinski definition) is 3. The van der Waals surface area contributed by atoms with E-state index >= 15 is 0 Å². The fraction of sp³-hybridized carbons (Fsp3) is 0.364. The van der Waals surface area contributed by atoms with E-state index < -0.39 is 0 Å². The molecule has 1 aliphatic heterocycles. The van der Waals surface area contributed by atoms with Gasteiger partial charge in [-0.05, 0) is 22.4 Å². The van der Waals surface area contributed by atoms with Gasteiger partial charge in [0.05, 0.1) is 18.1 Å². The van der Waals surface area contributed by atoms with Gasteiger partial charge in [0.1, 0.15) is 18.5 Å². The second kappa shape index (κ2) is 4.20. The summed E-state index contributed by atoms with van der Waals surface area (Å²) in [5, 5.41) is 4.21. The Morgan fingerprint density at radius 3 is 3.31 bits per heavy atom. The van der Waals surface area contributed by atoms with E-state index in [-0.39, 0.29) is 6.10 Å². The fourth-order valence-corrected chi connectivity index (χ4v) is 2.75. The Bertz CT molecular complexity index is 480. The summed E-state index contributed by atoms with van der Waals surface area (Å²) >= 11 is 7.47. The Balaban J connectivity index is 1.85. The third-order valence-electron chi connectivity index (χ3n) is 2.74. The standard InChI is InChI=1S/C11H11ClN2OS/c12-3-9-4-14-5-10(8-1-2-16-7-8)15-6-11(14)13-9/h1-2,4,7,10H,3,5-6H2/t10-/m1/s1. The lowest BCUT2D eigenvalue weighted by molar-refractivity contribution is 0.000735. The smallest absolute Gasteiger partial charge is 0.135 e. The molecular formula is C11H11ClN2OS. The first kappa shape index (κ1) is 10.3. The van der Waals surface area contributed by atoms with Crippen molar-refractivity contribution >= 4 is 22.9 Å². The zero-order valence-electron chi connectivity index (χ0n) is 8.60. The topological polar surface area (TPSA) is 27.1 Å². The van der Waals surface area contributed by atoms with Crippen LogP contribution in [0.2, 0.25) is 0 Å². The number of thiophene rings is 1. The van der Waals surface area contributed by atoms with Crippen LogP contribution in [-0.2, 0) is 23.8 Å². The molecule has 0 bridgehead atoms. The van der Waals surface area contributed by atoms with Crippen molar-refractivity contribution in [2.45, 2.75) is 25.1 Å². The molecule has 0 amide bonds. The van der Waals surface area contributed by atoms with E-state index in [4.69, 9.17) is 16.3 Å². The van der Waals surface area contributed by atoms with E-state index in [9.17, 15) is 0 Å². The third kappa shape index (κ3) is 1.77. The van der Waals surface area contributed by atoms with Gasteiger partial charge in [-0.1, -0.05) is 0 Å². The largest absolute Gasteiger partial charge is 0.364 e. The number of nitrogens with zero attached hydrogens (tertiary/aromatic N) is 2. The third-order valence-corrected chi connectivity index (χ3v) is 3.71. The summed E-state index contributed by atoms with van der Waals surface area (Å²) < 4.78 is 7.93. The minimum Gasteiger partial charge on any atom is -0.364 e. The first-order valence-corrected chi connectivity index (χ1v) is 6.59. The predicted molar refractivity (Wildman–Crippen MR) is 63.6 cm³/mol. The summed E-state index contributed by atoms with van der Waals surface area (Å²) in [6.45, 7) is 1.40. The zero-order valence-corrected chi connectivity index (χ0v) is 10.2. The Morgan fingerprint density at radius 1 is 1.62 bits per heavy atom. The molecule has 84 valence electrons. The first-order chi connectivity index (χ1) is 7.86. The molecule has 16 heavy (non-hydrogen) atoms. The number of aromatic nitrogens is 2. The molecule has 0 fully saturated rings. The molecule has 3 rings (SSSR count). The van der Waals surface area contributed by atoms with E-state index in [1.165, 1.54) is 5.56 Å². The van der Waals surface area contributed by atoms with Crippen molar-refractivity contribution in [3.8, 4) is 0 Å². The van der Waals surface area contributed by atoms with Crippen LogP contribution < -0.4 is 0 Å². The van der Waals surface area contributed by atoms with Crippen molar-refractivity contribution < 1.29 is 4.74 Å². The van der Waals surface area contributed by atoms with Crippen LogP contribution in [0.1, 0.15) is 23.2 Å². The van der Waals surface area contributed by atoms with Crippen LogP contribution in [0.4, 0.5) is 0 Å². The molecule has 0 N–H and O–H groups in total. The number of imidazole rings is 1. The maximum absolute atomic E-state index is 5.79. The minimum atomic E-state index is 0.149. The lowest BCUT2D eigenvalue weighted by Crippen LogP contribution is -2.20. The quantitative estimate of drug-likeness (QED) is 0.771. The van der Waals surface area contributed by atoms with Crippen molar-refractivity contribution in [3.05, 3.63) is 40.1 Å². The van der Waals surface area contributed by atoms with Gasteiger partial charge in [-0.3, -0.25) is 0 Å². The number of hydrogen-bond donors (Lipinski definition) is 0. The Morgan fingerprint density at radius 2 is 2.56 bits per heavy atom. The van der Waals surface area contributed by atoms with Crippen LogP contribution in [0.3, 0.4) is 0 Å². The molecule has 2 aromatic heterocycles. The van der Waals surface area contributed by atoms with Gasteiger partial charge in [-0.2, -0.15) is 11.3 Å². The number of halogens is 1. The molecule has 0 aliphatic carbocycles. The van der Waals surface area contributed by atoms with Crippen LogP contribution in [0, 0.1) is 0 Å². The van der Waals surface area contributed by atoms with Crippen molar-refractivity contribution in [1.82, 2.24) is 9.55 Å². The second-order valence-electron chi connectivity index (χ2n) is 3.79. The highest BCUT2D eigenvalue weighted by molar-refractivity contribution is 7.07. The molecular weight excluding hydrogens is 244 g/mol. The Hall–Kier alpha value is -0.840. The van der Waals surface area contributed by atoms with Crippen molar-refractivity contribution in [2.75, 3.05) is 0 Å². The predicted octanol–water partition coefficient (Wildman–Crippen LogP) is 2.95. The van der Waals surface area contributed by atoms with E-state index in [2.05, 4.69) is 26.4 Å². The molecule has 0 radical (unpaired) electrons. The van der Waals surface area contributed by atoms with Gasteiger partial charge in [0.2, 0.25) is 0 Å². The number of ether oxygens (including phenoxy) is 1. The highest BCUT2D eigenvalue weighted by Gasteiger charge is 2.22. The van der Waals surface area contributed by atoms with E-state index in [1.54, 1.807) is 11.3 Å². The van der Waals surface area contributed by atoms with Gasteiger partial charge in [-0.25, -0.2) is 4.98 Å². The van der Waals surface area contributed by atoms with Crippen LogP contribution in [0.25, 0.3) is 0 Å². The lowest BCUT2D eigenvalue weighted by atomic mass is 10.2. The number of alkyl halides is 1. The second-order valence-corrected chi connectivity index (χ2v) is 4.84. The van der Waals surface area contributed by atoms with Crippen LogP contribution in [0.5, 0.6) is 0 Å². The molecule has 1 aliphatic rings. The Kier molecular flexibility index (Phi) is 2.71. The molecule has 0 unspecified atom stereocenters. The van der Waals surface area contributed by atoms with Gasteiger partial charge in [0.15, 0.2) is 0 Å². The maximum atomic E-state index is 5.79. The van der Waals surface area contributed by atoms with Crippen LogP contribution in [-0.4, -0.2) is 9.55 Å². The summed E-state index contributed by atoms with van der Waals surface area (Å²) in [4.78, 5) is 4.39. The van der Waals surface area contributed by atoms with Crippen molar-refractivity contribution in [2.24, 2.45) is 0 Å². The minimum absolute atomic E-state index is 0.149. The summed E-state index contributed by atoms with van der Waals surface area (Å²) in [5.41, 5.74) is 2.17. The maximum Gasteiger partial charge on any atom is 0.135 e. The molecule has 0 aromatic carbocycles. The number of rotatable bonds is 2. The average Bonchev–Trinajstić information content (AvgIpc) is 2.96. The molecule has 0 saturated heterocycles. The number of fused-ring (bicyclic) bond motifs is 1.